The van der Waals surface area contributed by atoms with Gasteiger partial charge < -0.3 is 19.3 Å². The summed E-state index contributed by atoms with van der Waals surface area (Å²) in [4.78, 5) is 0. The molecule has 0 atom stereocenters. The highest BCUT2D eigenvalue weighted by Crippen LogP contribution is 2.40. The van der Waals surface area contributed by atoms with Crippen molar-refractivity contribution in [3.05, 3.63) is 22.7 Å². The molecule has 1 aromatic carbocycles. The summed E-state index contributed by atoms with van der Waals surface area (Å²) < 4.78 is 15.5. The highest BCUT2D eigenvalue weighted by Gasteiger charge is 2.23. The molecule has 1 saturated heterocycles. The third-order valence-corrected chi connectivity index (χ3v) is 2.60. The maximum atomic E-state index is 9.67. The molecule has 4 nitrogen and oxygen atoms in total. The van der Waals surface area contributed by atoms with Crippen LogP contribution in [-0.2, 0) is 9.47 Å². The molecule has 0 aromatic heterocycles. The van der Waals surface area contributed by atoms with Gasteiger partial charge in [0.15, 0.2) is 17.8 Å². The topological polar surface area (TPSA) is 47.9 Å². The van der Waals surface area contributed by atoms with Crippen LogP contribution in [0.5, 0.6) is 11.5 Å². The van der Waals surface area contributed by atoms with Gasteiger partial charge >= 0.3 is 0 Å². The number of aromatic hydroxyl groups is 1. The van der Waals surface area contributed by atoms with Crippen LogP contribution in [-0.4, -0.2) is 25.4 Å². The van der Waals surface area contributed by atoms with Crippen molar-refractivity contribution in [3.8, 4) is 11.5 Å². The molecule has 1 aromatic rings. The van der Waals surface area contributed by atoms with Gasteiger partial charge in [0, 0.05) is 5.56 Å². The van der Waals surface area contributed by atoms with Gasteiger partial charge in [-0.25, -0.2) is 0 Å². The second-order valence-electron chi connectivity index (χ2n) is 3.09. The lowest BCUT2D eigenvalue weighted by atomic mass is 10.2. The van der Waals surface area contributed by atoms with Crippen molar-refractivity contribution in [3.63, 3.8) is 0 Å². The van der Waals surface area contributed by atoms with Crippen molar-refractivity contribution in [1.82, 2.24) is 0 Å². The van der Waals surface area contributed by atoms with Crippen molar-refractivity contribution >= 4 is 11.6 Å². The van der Waals surface area contributed by atoms with Crippen molar-refractivity contribution in [1.29, 1.82) is 0 Å². The summed E-state index contributed by atoms with van der Waals surface area (Å²) in [5.74, 6) is 0.248. The SMILES string of the molecule is COc1ccc(C2OCCO2)c(Cl)c1O. The normalized spacial score (nSPS) is 16.9. The van der Waals surface area contributed by atoms with Crippen molar-refractivity contribution in [2.45, 2.75) is 6.29 Å². The lowest BCUT2D eigenvalue weighted by molar-refractivity contribution is -0.0441. The molecule has 1 aliphatic rings. The fraction of sp³-hybridized carbons (Fsp3) is 0.400. The number of phenolic OH excluding ortho intramolecular Hbond substituents is 1. The fourth-order valence-electron chi connectivity index (χ4n) is 1.45. The van der Waals surface area contributed by atoms with Crippen LogP contribution in [0.25, 0.3) is 0 Å². The lowest BCUT2D eigenvalue weighted by Crippen LogP contribution is -1.99. The molecule has 1 aliphatic heterocycles. The minimum atomic E-state index is -0.491. The third-order valence-electron chi connectivity index (χ3n) is 2.20. The number of benzene rings is 1. The molecule has 0 aliphatic carbocycles. The number of halogens is 1. The van der Waals surface area contributed by atoms with Gasteiger partial charge in [0.2, 0.25) is 0 Å². The van der Waals surface area contributed by atoms with Gasteiger partial charge in [-0.15, -0.1) is 0 Å². The molecule has 15 heavy (non-hydrogen) atoms. The fourth-order valence-corrected chi connectivity index (χ4v) is 1.69. The quantitative estimate of drug-likeness (QED) is 0.845. The Hall–Kier alpha value is -0.970. The minimum absolute atomic E-state index is 0.0873. The zero-order valence-electron chi connectivity index (χ0n) is 8.20. The third kappa shape index (κ3) is 1.88. The summed E-state index contributed by atoms with van der Waals surface area (Å²) >= 11 is 5.97. The standard InChI is InChI=1S/C10H11ClO4/c1-13-7-3-2-6(8(11)9(7)12)10-14-4-5-15-10/h2-3,10,12H,4-5H2,1H3. The van der Waals surface area contributed by atoms with E-state index in [0.717, 1.165) is 0 Å². The number of hydrogen-bond donors (Lipinski definition) is 1. The van der Waals surface area contributed by atoms with Crippen molar-refractivity contribution in [2.24, 2.45) is 0 Å². The number of phenols is 1. The molecule has 1 N–H and O–H groups in total. The van der Waals surface area contributed by atoms with Crippen LogP contribution in [0, 0.1) is 0 Å². The molecule has 2 rings (SSSR count). The average Bonchev–Trinajstić information content (AvgIpc) is 2.75. The first kappa shape index (κ1) is 10.5. The van der Waals surface area contributed by atoms with Crippen LogP contribution < -0.4 is 4.74 Å². The van der Waals surface area contributed by atoms with Gasteiger partial charge in [-0.05, 0) is 12.1 Å². The smallest absolute Gasteiger partial charge is 0.185 e. The Morgan fingerprint density at radius 1 is 1.40 bits per heavy atom. The van der Waals surface area contributed by atoms with Crippen LogP contribution in [0.3, 0.4) is 0 Å². The van der Waals surface area contributed by atoms with Gasteiger partial charge in [0.1, 0.15) is 0 Å². The largest absolute Gasteiger partial charge is 0.503 e. The summed E-state index contributed by atoms with van der Waals surface area (Å²) in [7, 11) is 1.47. The van der Waals surface area contributed by atoms with E-state index in [1.807, 2.05) is 0 Å². The van der Waals surface area contributed by atoms with Gasteiger partial charge in [-0.1, -0.05) is 11.6 Å². The Morgan fingerprint density at radius 3 is 2.67 bits per heavy atom. The Labute approximate surface area is 92.3 Å². The average molecular weight is 231 g/mol. The van der Waals surface area contributed by atoms with Crippen LogP contribution in [0.15, 0.2) is 12.1 Å². The van der Waals surface area contributed by atoms with E-state index >= 15 is 0 Å². The molecule has 0 saturated carbocycles. The van der Waals surface area contributed by atoms with E-state index in [9.17, 15) is 5.11 Å². The molecule has 1 heterocycles. The summed E-state index contributed by atoms with van der Waals surface area (Å²) in [6.45, 7) is 1.07. The summed E-state index contributed by atoms with van der Waals surface area (Å²) in [6, 6.07) is 3.35. The van der Waals surface area contributed by atoms with E-state index < -0.39 is 6.29 Å². The molecular weight excluding hydrogens is 220 g/mol. The molecule has 0 amide bonds. The predicted octanol–water partition coefficient (Wildman–Crippen LogP) is 2.10. The van der Waals surface area contributed by atoms with E-state index in [1.165, 1.54) is 7.11 Å². The zero-order chi connectivity index (χ0) is 10.8. The first-order chi connectivity index (χ1) is 7.24. The monoisotopic (exact) mass is 230 g/mol. The van der Waals surface area contributed by atoms with Crippen LogP contribution in [0.2, 0.25) is 5.02 Å². The van der Waals surface area contributed by atoms with Gasteiger partial charge in [-0.2, -0.15) is 0 Å². The van der Waals surface area contributed by atoms with Gasteiger partial charge in [-0.3, -0.25) is 0 Å². The highest BCUT2D eigenvalue weighted by atomic mass is 35.5. The minimum Gasteiger partial charge on any atom is -0.503 e. The molecule has 1 fully saturated rings. The van der Waals surface area contributed by atoms with E-state index in [-0.39, 0.29) is 10.8 Å². The molecular formula is C10H11ClO4. The number of hydrogen-bond acceptors (Lipinski definition) is 4. The molecule has 0 spiro atoms. The maximum Gasteiger partial charge on any atom is 0.185 e. The number of rotatable bonds is 2. The van der Waals surface area contributed by atoms with Crippen LogP contribution >= 0.6 is 11.6 Å². The Kier molecular flexibility index (Phi) is 3.00. The zero-order valence-corrected chi connectivity index (χ0v) is 8.95. The van der Waals surface area contributed by atoms with Crippen LogP contribution in [0.4, 0.5) is 0 Å². The summed E-state index contributed by atoms with van der Waals surface area (Å²) in [5.41, 5.74) is 0.618. The van der Waals surface area contributed by atoms with Crippen molar-refractivity contribution < 1.29 is 19.3 Å². The first-order valence-corrected chi connectivity index (χ1v) is 4.90. The van der Waals surface area contributed by atoms with Gasteiger partial charge in [0.25, 0.3) is 0 Å². The molecule has 0 bridgehead atoms. The molecule has 5 heteroatoms. The summed E-state index contributed by atoms with van der Waals surface area (Å²) in [5, 5.41) is 9.88. The second-order valence-corrected chi connectivity index (χ2v) is 3.47. The summed E-state index contributed by atoms with van der Waals surface area (Å²) in [6.07, 6.45) is -0.491. The first-order valence-electron chi connectivity index (χ1n) is 4.52. The van der Waals surface area contributed by atoms with Crippen molar-refractivity contribution in [2.75, 3.05) is 20.3 Å². The maximum absolute atomic E-state index is 9.67. The number of ether oxygens (including phenoxy) is 3. The Morgan fingerprint density at radius 2 is 2.07 bits per heavy atom. The second kappa shape index (κ2) is 4.26. The van der Waals surface area contributed by atoms with E-state index in [4.69, 9.17) is 25.8 Å². The highest BCUT2D eigenvalue weighted by molar-refractivity contribution is 6.33. The van der Waals surface area contributed by atoms with E-state index in [1.54, 1.807) is 12.1 Å². The Bertz CT molecular complexity index is 361. The van der Waals surface area contributed by atoms with E-state index in [0.29, 0.717) is 24.5 Å². The Balaban J connectivity index is 2.36. The predicted molar refractivity (Wildman–Crippen MR) is 54.3 cm³/mol. The molecule has 82 valence electrons. The molecule has 0 unspecified atom stereocenters. The van der Waals surface area contributed by atoms with E-state index in [2.05, 4.69) is 0 Å². The van der Waals surface area contributed by atoms with Crippen LogP contribution in [0.1, 0.15) is 11.9 Å². The number of methoxy groups -OCH3 is 1. The lowest BCUT2D eigenvalue weighted by Gasteiger charge is -2.13. The van der Waals surface area contributed by atoms with Gasteiger partial charge in [0.05, 0.1) is 25.3 Å². The molecule has 0 radical (unpaired) electrons.